The van der Waals surface area contributed by atoms with Gasteiger partial charge in [0.15, 0.2) is 17.4 Å². The number of Topliss-reactive ketones (excluding diaryl/α,β-unsaturated/α-hetero) is 1. The molecule has 0 spiro atoms. The van der Waals surface area contributed by atoms with E-state index >= 15 is 0 Å². The van der Waals surface area contributed by atoms with E-state index in [0.29, 0.717) is 0 Å². The number of carbonyl (C=O) groups excluding carboxylic acids is 2. The fraction of sp³-hybridized carbons (Fsp3) is 0.0769. The zero-order valence-corrected chi connectivity index (χ0v) is 17.1. The highest BCUT2D eigenvalue weighted by Gasteiger charge is 2.24. The zero-order chi connectivity index (χ0) is 23.1. The van der Waals surface area contributed by atoms with Gasteiger partial charge in [-0.3, -0.25) is 9.59 Å². The van der Waals surface area contributed by atoms with Gasteiger partial charge in [-0.2, -0.15) is 0 Å². The van der Waals surface area contributed by atoms with E-state index < -0.39 is 11.6 Å². The fourth-order valence-corrected chi connectivity index (χ4v) is 3.00. The number of benzene rings is 3. The Labute approximate surface area is 185 Å². The van der Waals surface area contributed by atoms with Crippen molar-refractivity contribution in [2.24, 2.45) is 0 Å². The molecule has 4 N–H and O–H groups in total. The van der Waals surface area contributed by atoms with Gasteiger partial charge in [-0.05, 0) is 18.2 Å². The van der Waals surface area contributed by atoms with E-state index in [2.05, 4.69) is 0 Å². The molecule has 0 aliphatic heterocycles. The summed E-state index contributed by atoms with van der Waals surface area (Å²) in [5, 5.41) is 37.2. The Balaban J connectivity index is 0.000000186. The van der Waals surface area contributed by atoms with Crippen molar-refractivity contribution in [2.75, 3.05) is 0 Å². The molecule has 3 aromatic carbocycles. The third-order valence-electron chi connectivity index (χ3n) is 4.71. The molecule has 32 heavy (non-hydrogen) atoms. The molecule has 1 aliphatic rings. The first kappa shape index (κ1) is 22.7. The molecule has 4 rings (SSSR count). The second-order valence-corrected chi connectivity index (χ2v) is 7.17. The van der Waals surface area contributed by atoms with Crippen LogP contribution in [0.25, 0.3) is 0 Å². The SMILES string of the molecule is O=C(C1=CCC(O)(O)C=C1)c1ccc(O)cc1O.O=C(c1ccccc1)c1ccccc1. The fourth-order valence-electron chi connectivity index (χ4n) is 3.00. The summed E-state index contributed by atoms with van der Waals surface area (Å²) in [5.41, 5.74) is 1.78. The van der Waals surface area contributed by atoms with Gasteiger partial charge in [0, 0.05) is 29.2 Å². The lowest BCUT2D eigenvalue weighted by Crippen LogP contribution is -2.26. The molecule has 0 aromatic heterocycles. The molecule has 0 saturated heterocycles. The Bertz CT molecular complexity index is 1120. The van der Waals surface area contributed by atoms with Crippen LogP contribution < -0.4 is 0 Å². The number of carbonyl (C=O) groups is 2. The lowest BCUT2D eigenvalue weighted by Gasteiger charge is -2.19. The summed E-state index contributed by atoms with van der Waals surface area (Å²) in [4.78, 5) is 23.9. The average Bonchev–Trinajstić information content (AvgIpc) is 2.80. The van der Waals surface area contributed by atoms with E-state index in [9.17, 15) is 24.9 Å². The van der Waals surface area contributed by atoms with Gasteiger partial charge in [0.05, 0.1) is 5.56 Å². The van der Waals surface area contributed by atoms with Crippen LogP contribution in [0, 0.1) is 0 Å². The van der Waals surface area contributed by atoms with Gasteiger partial charge in [0.2, 0.25) is 0 Å². The average molecular weight is 430 g/mol. The van der Waals surface area contributed by atoms with Crippen molar-refractivity contribution < 1.29 is 30.0 Å². The molecular formula is C26H22O6. The van der Waals surface area contributed by atoms with Gasteiger partial charge in [0.25, 0.3) is 0 Å². The number of phenolic OH excluding ortho intramolecular Hbond substituents is 2. The van der Waals surface area contributed by atoms with Crippen LogP contribution >= 0.6 is 0 Å². The minimum atomic E-state index is -1.93. The lowest BCUT2D eigenvalue weighted by atomic mass is 9.95. The maximum atomic E-state index is 12.0. The van der Waals surface area contributed by atoms with Crippen LogP contribution in [0.15, 0.2) is 103 Å². The number of hydrogen-bond acceptors (Lipinski definition) is 6. The predicted octanol–water partition coefficient (Wildman–Crippen LogP) is 3.77. The van der Waals surface area contributed by atoms with E-state index in [0.717, 1.165) is 23.3 Å². The van der Waals surface area contributed by atoms with Gasteiger partial charge < -0.3 is 20.4 Å². The van der Waals surface area contributed by atoms with Gasteiger partial charge in [-0.1, -0.05) is 72.8 Å². The number of aliphatic hydroxyl groups is 2. The van der Waals surface area contributed by atoms with Crippen molar-refractivity contribution in [3.8, 4) is 11.5 Å². The quantitative estimate of drug-likeness (QED) is 0.370. The van der Waals surface area contributed by atoms with E-state index in [1.54, 1.807) is 0 Å². The third kappa shape index (κ3) is 5.78. The van der Waals surface area contributed by atoms with E-state index in [1.165, 1.54) is 24.3 Å². The second-order valence-electron chi connectivity index (χ2n) is 7.17. The largest absolute Gasteiger partial charge is 0.508 e. The van der Waals surface area contributed by atoms with Gasteiger partial charge in [-0.15, -0.1) is 0 Å². The van der Waals surface area contributed by atoms with Gasteiger partial charge in [0.1, 0.15) is 11.5 Å². The number of hydrogen-bond donors (Lipinski definition) is 4. The Hall–Kier alpha value is -4.00. The van der Waals surface area contributed by atoms with Crippen LogP contribution in [0.2, 0.25) is 0 Å². The molecule has 162 valence electrons. The summed E-state index contributed by atoms with van der Waals surface area (Å²) in [5.74, 6) is -2.76. The van der Waals surface area contributed by atoms with Crippen LogP contribution in [0.3, 0.4) is 0 Å². The molecule has 0 unspecified atom stereocenters. The molecule has 0 heterocycles. The maximum absolute atomic E-state index is 12.0. The first-order chi connectivity index (χ1) is 15.3. The molecule has 1 aliphatic carbocycles. The van der Waals surface area contributed by atoms with Crippen molar-refractivity contribution in [1.82, 2.24) is 0 Å². The maximum Gasteiger partial charge on any atom is 0.196 e. The van der Waals surface area contributed by atoms with Crippen LogP contribution in [0.1, 0.15) is 32.7 Å². The van der Waals surface area contributed by atoms with Crippen molar-refractivity contribution in [2.45, 2.75) is 12.2 Å². The van der Waals surface area contributed by atoms with Crippen molar-refractivity contribution >= 4 is 11.6 Å². The molecule has 0 fully saturated rings. The highest BCUT2D eigenvalue weighted by atomic mass is 16.5. The second kappa shape index (κ2) is 9.87. The molecule has 0 atom stereocenters. The topological polar surface area (TPSA) is 115 Å². The first-order valence-electron chi connectivity index (χ1n) is 9.82. The summed E-state index contributed by atoms with van der Waals surface area (Å²) in [6.07, 6.45) is 3.69. The number of aromatic hydroxyl groups is 2. The van der Waals surface area contributed by atoms with Crippen molar-refractivity contribution in [3.63, 3.8) is 0 Å². The van der Waals surface area contributed by atoms with Gasteiger partial charge >= 0.3 is 0 Å². The van der Waals surface area contributed by atoms with Crippen LogP contribution in [0.5, 0.6) is 11.5 Å². The van der Waals surface area contributed by atoms with E-state index in [1.807, 2.05) is 60.7 Å². The van der Waals surface area contributed by atoms with Gasteiger partial charge in [-0.25, -0.2) is 0 Å². The summed E-state index contributed by atoms with van der Waals surface area (Å²) >= 11 is 0. The molecular weight excluding hydrogens is 408 g/mol. The normalized spacial score (nSPS) is 14.0. The minimum absolute atomic E-state index is 0.0482. The van der Waals surface area contributed by atoms with Crippen LogP contribution in [-0.4, -0.2) is 37.8 Å². The Morgan fingerprint density at radius 2 is 1.31 bits per heavy atom. The first-order valence-corrected chi connectivity index (χ1v) is 9.82. The molecule has 6 nitrogen and oxygen atoms in total. The predicted molar refractivity (Wildman–Crippen MR) is 119 cm³/mol. The Morgan fingerprint density at radius 1 is 0.750 bits per heavy atom. The monoisotopic (exact) mass is 430 g/mol. The highest BCUT2D eigenvalue weighted by molar-refractivity contribution is 6.12. The Kier molecular flexibility index (Phi) is 7.00. The summed E-state index contributed by atoms with van der Waals surface area (Å²) in [6, 6.07) is 22.3. The van der Waals surface area contributed by atoms with E-state index in [4.69, 9.17) is 5.11 Å². The Morgan fingerprint density at radius 3 is 1.78 bits per heavy atom. The standard InChI is InChI=1S/C13H12O5.C13H10O/c14-9-1-2-10(11(15)7-9)12(16)8-3-5-13(17,18)6-4-8;14-13(11-7-3-1-4-8-11)12-9-5-2-6-10-12/h1-5,7,14-15,17-18H,6H2;1-10H. The molecule has 0 amide bonds. The minimum Gasteiger partial charge on any atom is -0.508 e. The highest BCUT2D eigenvalue weighted by Crippen LogP contribution is 2.27. The molecule has 0 saturated carbocycles. The number of ketones is 2. The zero-order valence-electron chi connectivity index (χ0n) is 17.1. The molecule has 3 aromatic rings. The summed E-state index contributed by atoms with van der Waals surface area (Å²) in [6.45, 7) is 0. The van der Waals surface area contributed by atoms with Crippen LogP contribution in [-0.2, 0) is 0 Å². The molecule has 6 heteroatoms. The number of rotatable bonds is 4. The number of phenols is 2. The van der Waals surface area contributed by atoms with Crippen molar-refractivity contribution in [1.29, 1.82) is 0 Å². The van der Waals surface area contributed by atoms with E-state index in [-0.39, 0.29) is 34.8 Å². The smallest absolute Gasteiger partial charge is 0.196 e. The number of allylic oxidation sites excluding steroid dienone is 2. The lowest BCUT2D eigenvalue weighted by molar-refractivity contribution is -0.115. The summed E-state index contributed by atoms with van der Waals surface area (Å²) < 4.78 is 0. The van der Waals surface area contributed by atoms with Crippen LogP contribution in [0.4, 0.5) is 0 Å². The molecule has 0 radical (unpaired) electrons. The van der Waals surface area contributed by atoms with Crippen molar-refractivity contribution in [3.05, 3.63) is 119 Å². The third-order valence-corrected chi connectivity index (χ3v) is 4.71. The molecule has 0 bridgehead atoms. The summed E-state index contributed by atoms with van der Waals surface area (Å²) in [7, 11) is 0.